The number of carbonyl (C=O) groups excluding carboxylic acids is 2. The van der Waals surface area contributed by atoms with E-state index in [-0.39, 0.29) is 30.3 Å². The number of hydrogen-bond acceptors (Lipinski definition) is 5. The normalized spacial score (nSPS) is 20.8. The summed E-state index contributed by atoms with van der Waals surface area (Å²) in [6.07, 6.45) is 1.85. The van der Waals surface area contributed by atoms with Gasteiger partial charge in [-0.2, -0.15) is 0 Å². The molecule has 1 N–H and O–H groups in total. The lowest BCUT2D eigenvalue weighted by atomic mass is 10.2. The van der Waals surface area contributed by atoms with E-state index in [1.54, 1.807) is 11.3 Å². The average molecular weight is 295 g/mol. The number of aryl methyl sites for hydroxylation is 1. The van der Waals surface area contributed by atoms with Crippen LogP contribution in [0.1, 0.15) is 37.4 Å². The lowest BCUT2D eigenvalue weighted by Crippen LogP contribution is -2.43. The maximum Gasteiger partial charge on any atom is 0.247 e. The summed E-state index contributed by atoms with van der Waals surface area (Å²) in [5.41, 5.74) is 1.04. The monoisotopic (exact) mass is 295 g/mol. The fourth-order valence-corrected chi connectivity index (χ4v) is 3.00. The van der Waals surface area contributed by atoms with E-state index in [0.717, 1.165) is 23.5 Å². The Labute approximate surface area is 123 Å². The van der Waals surface area contributed by atoms with E-state index in [0.29, 0.717) is 6.54 Å². The third kappa shape index (κ3) is 3.24. The summed E-state index contributed by atoms with van der Waals surface area (Å²) in [6.45, 7) is 6.54. The van der Waals surface area contributed by atoms with Crippen molar-refractivity contribution in [1.82, 2.24) is 15.2 Å². The van der Waals surface area contributed by atoms with E-state index in [1.165, 1.54) is 4.90 Å². The maximum atomic E-state index is 12.2. The molecule has 2 atom stereocenters. The van der Waals surface area contributed by atoms with Crippen molar-refractivity contribution < 1.29 is 9.59 Å². The number of carbonyl (C=O) groups is 2. The molecule has 0 aromatic carbocycles. The minimum Gasteiger partial charge on any atom is -0.305 e. The number of nitrogens with zero attached hydrogens (tertiary/aromatic N) is 2. The number of rotatable bonds is 6. The van der Waals surface area contributed by atoms with Gasteiger partial charge in [-0.25, -0.2) is 4.98 Å². The molecule has 1 aliphatic rings. The third-order valence-corrected chi connectivity index (χ3v) is 4.48. The van der Waals surface area contributed by atoms with Crippen molar-refractivity contribution >= 4 is 23.2 Å². The van der Waals surface area contributed by atoms with Gasteiger partial charge in [-0.05, 0) is 20.3 Å². The van der Waals surface area contributed by atoms with Crippen molar-refractivity contribution in [3.63, 3.8) is 0 Å². The summed E-state index contributed by atoms with van der Waals surface area (Å²) in [7, 11) is 0. The Kier molecular flexibility index (Phi) is 4.88. The van der Waals surface area contributed by atoms with Crippen LogP contribution in [-0.2, 0) is 16.0 Å². The first-order valence-electron chi connectivity index (χ1n) is 7.03. The molecule has 6 heteroatoms. The SMILES string of the molecule is CCC(C)N1C(=O)CC(NCCc2csc(C)n2)C1=O. The van der Waals surface area contributed by atoms with Gasteiger partial charge >= 0.3 is 0 Å². The molecule has 2 amide bonds. The molecule has 0 bridgehead atoms. The van der Waals surface area contributed by atoms with Gasteiger partial charge in [0.1, 0.15) is 0 Å². The van der Waals surface area contributed by atoms with Gasteiger partial charge in [0.25, 0.3) is 0 Å². The average Bonchev–Trinajstić information content (AvgIpc) is 2.94. The quantitative estimate of drug-likeness (QED) is 0.808. The van der Waals surface area contributed by atoms with Crippen molar-refractivity contribution in [1.29, 1.82) is 0 Å². The molecule has 1 aromatic heterocycles. The van der Waals surface area contributed by atoms with Gasteiger partial charge in [0.15, 0.2) is 0 Å². The molecular formula is C14H21N3O2S. The Morgan fingerprint density at radius 1 is 1.55 bits per heavy atom. The summed E-state index contributed by atoms with van der Waals surface area (Å²) in [4.78, 5) is 29.9. The zero-order valence-corrected chi connectivity index (χ0v) is 13.0. The standard InChI is InChI=1S/C14H21N3O2S/c1-4-9(2)17-13(18)7-12(14(17)19)15-6-5-11-8-20-10(3)16-11/h8-9,12,15H,4-7H2,1-3H3. The summed E-state index contributed by atoms with van der Waals surface area (Å²) in [5.74, 6) is -0.148. The Balaban J connectivity index is 1.85. The molecule has 0 radical (unpaired) electrons. The minimum atomic E-state index is -0.365. The number of thiazole rings is 1. The highest BCUT2D eigenvalue weighted by Gasteiger charge is 2.40. The first-order valence-corrected chi connectivity index (χ1v) is 7.91. The molecule has 0 saturated carbocycles. The van der Waals surface area contributed by atoms with Crippen molar-refractivity contribution in [2.75, 3.05) is 6.54 Å². The lowest BCUT2D eigenvalue weighted by Gasteiger charge is -2.21. The van der Waals surface area contributed by atoms with Crippen LogP contribution in [0.2, 0.25) is 0 Å². The van der Waals surface area contributed by atoms with Gasteiger partial charge in [-0.15, -0.1) is 11.3 Å². The molecule has 1 aromatic rings. The van der Waals surface area contributed by atoms with Crippen LogP contribution in [-0.4, -0.2) is 40.3 Å². The van der Waals surface area contributed by atoms with Gasteiger partial charge in [0, 0.05) is 24.4 Å². The molecule has 2 unspecified atom stereocenters. The Morgan fingerprint density at radius 2 is 2.30 bits per heavy atom. The van der Waals surface area contributed by atoms with Crippen LogP contribution in [0.3, 0.4) is 0 Å². The molecule has 5 nitrogen and oxygen atoms in total. The van der Waals surface area contributed by atoms with E-state index in [2.05, 4.69) is 10.3 Å². The fraction of sp³-hybridized carbons (Fsp3) is 0.643. The van der Waals surface area contributed by atoms with E-state index >= 15 is 0 Å². The first-order chi connectivity index (χ1) is 9.52. The van der Waals surface area contributed by atoms with Gasteiger partial charge in [-0.3, -0.25) is 14.5 Å². The van der Waals surface area contributed by atoms with Gasteiger partial charge in [-0.1, -0.05) is 6.92 Å². The van der Waals surface area contributed by atoms with E-state index in [4.69, 9.17) is 0 Å². The number of aromatic nitrogens is 1. The predicted octanol–water partition coefficient (Wildman–Crippen LogP) is 1.51. The Hall–Kier alpha value is -1.27. The van der Waals surface area contributed by atoms with E-state index < -0.39 is 0 Å². The molecule has 0 spiro atoms. The first kappa shape index (κ1) is 15.1. The largest absolute Gasteiger partial charge is 0.305 e. The second kappa shape index (κ2) is 6.45. The Morgan fingerprint density at radius 3 is 2.90 bits per heavy atom. The predicted molar refractivity (Wildman–Crippen MR) is 78.6 cm³/mol. The molecular weight excluding hydrogens is 274 g/mol. The number of nitrogens with one attached hydrogen (secondary N) is 1. The number of amides is 2. The van der Waals surface area contributed by atoms with Crippen LogP contribution in [0.4, 0.5) is 0 Å². The lowest BCUT2D eigenvalue weighted by molar-refractivity contribution is -0.141. The highest BCUT2D eigenvalue weighted by molar-refractivity contribution is 7.09. The summed E-state index contributed by atoms with van der Waals surface area (Å²) < 4.78 is 0. The molecule has 110 valence electrons. The number of likely N-dealkylation sites (tertiary alicyclic amines) is 1. The minimum absolute atomic E-state index is 0.0111. The van der Waals surface area contributed by atoms with Crippen LogP contribution in [0.5, 0.6) is 0 Å². The molecule has 2 rings (SSSR count). The third-order valence-electron chi connectivity index (χ3n) is 3.65. The van der Waals surface area contributed by atoms with Gasteiger partial charge in [0.2, 0.25) is 11.8 Å². The van der Waals surface area contributed by atoms with Crippen LogP contribution in [0, 0.1) is 6.92 Å². The van der Waals surface area contributed by atoms with Crippen molar-refractivity contribution in [2.45, 2.75) is 52.1 Å². The molecule has 2 heterocycles. The van der Waals surface area contributed by atoms with Crippen LogP contribution in [0.25, 0.3) is 0 Å². The van der Waals surface area contributed by atoms with Crippen molar-refractivity contribution in [3.8, 4) is 0 Å². The van der Waals surface area contributed by atoms with Crippen LogP contribution >= 0.6 is 11.3 Å². The maximum absolute atomic E-state index is 12.2. The van der Waals surface area contributed by atoms with E-state index in [1.807, 2.05) is 26.2 Å². The second-order valence-electron chi connectivity index (χ2n) is 5.18. The zero-order valence-electron chi connectivity index (χ0n) is 12.2. The van der Waals surface area contributed by atoms with E-state index in [9.17, 15) is 9.59 Å². The highest BCUT2D eigenvalue weighted by atomic mass is 32.1. The summed E-state index contributed by atoms with van der Waals surface area (Å²) in [6, 6.07) is -0.376. The summed E-state index contributed by atoms with van der Waals surface area (Å²) in [5, 5.41) is 6.26. The fourth-order valence-electron chi connectivity index (χ4n) is 2.35. The molecule has 0 aliphatic carbocycles. The van der Waals surface area contributed by atoms with Crippen molar-refractivity contribution in [2.24, 2.45) is 0 Å². The number of imide groups is 1. The topological polar surface area (TPSA) is 62.3 Å². The van der Waals surface area contributed by atoms with Crippen molar-refractivity contribution in [3.05, 3.63) is 16.1 Å². The van der Waals surface area contributed by atoms with Crippen LogP contribution in [0.15, 0.2) is 5.38 Å². The molecule has 1 fully saturated rings. The molecule has 1 aliphatic heterocycles. The van der Waals surface area contributed by atoms with Gasteiger partial charge in [0.05, 0.1) is 23.2 Å². The number of hydrogen-bond donors (Lipinski definition) is 1. The molecule has 20 heavy (non-hydrogen) atoms. The highest BCUT2D eigenvalue weighted by Crippen LogP contribution is 2.18. The molecule has 1 saturated heterocycles. The van der Waals surface area contributed by atoms with Gasteiger partial charge < -0.3 is 5.32 Å². The summed E-state index contributed by atoms with van der Waals surface area (Å²) >= 11 is 1.63. The smallest absolute Gasteiger partial charge is 0.247 e. The van der Waals surface area contributed by atoms with Crippen LogP contribution < -0.4 is 5.32 Å². The Bertz CT molecular complexity index is 500. The second-order valence-corrected chi connectivity index (χ2v) is 6.24. The zero-order chi connectivity index (χ0) is 14.7.